The molecule has 16 heteroatoms. The lowest BCUT2D eigenvalue weighted by atomic mass is 10.0. The number of rotatable bonds is 11. The van der Waals surface area contributed by atoms with Crippen molar-refractivity contribution >= 4 is 41.5 Å². The van der Waals surface area contributed by atoms with Gasteiger partial charge in [-0.15, -0.1) is 0 Å². The fourth-order valence-corrected chi connectivity index (χ4v) is 4.22. The predicted octanol–water partition coefficient (Wildman–Crippen LogP) is -2.07. The first-order valence-corrected chi connectivity index (χ1v) is 14.0. The molecule has 240 valence electrons. The van der Waals surface area contributed by atoms with Gasteiger partial charge in [-0.3, -0.25) is 29.0 Å². The summed E-state index contributed by atoms with van der Waals surface area (Å²) < 4.78 is 5.68. The number of aliphatic imine (C=N–C) groups is 1. The Bertz CT molecular complexity index is 1250. The van der Waals surface area contributed by atoms with Crippen molar-refractivity contribution in [2.75, 3.05) is 13.2 Å². The van der Waals surface area contributed by atoms with Crippen LogP contribution in [0.2, 0.25) is 0 Å². The number of carboxylic acid groups (broad SMARTS) is 1. The van der Waals surface area contributed by atoms with E-state index in [9.17, 15) is 33.9 Å². The smallest absolute Gasteiger partial charge is 0.326 e. The Labute approximate surface area is 254 Å². The summed E-state index contributed by atoms with van der Waals surface area (Å²) in [6.07, 6.45) is 3.01. The van der Waals surface area contributed by atoms with Crippen molar-refractivity contribution < 1.29 is 38.6 Å². The van der Waals surface area contributed by atoms with Crippen LogP contribution in [0.15, 0.2) is 41.4 Å². The number of amides is 5. The summed E-state index contributed by atoms with van der Waals surface area (Å²) in [5, 5.41) is 19.7. The average molecular weight is 617 g/mol. The molecule has 5 amide bonds. The minimum Gasteiger partial charge on any atom is -0.490 e. The number of nitrogens with one attached hydrogen (secondary N) is 4. The summed E-state index contributed by atoms with van der Waals surface area (Å²) >= 11 is 0. The monoisotopic (exact) mass is 616 g/mol. The maximum atomic E-state index is 13.4. The van der Waals surface area contributed by atoms with Gasteiger partial charge in [-0.2, -0.15) is 0 Å². The molecule has 0 radical (unpaired) electrons. The van der Waals surface area contributed by atoms with Gasteiger partial charge in [0.2, 0.25) is 29.5 Å². The Morgan fingerprint density at radius 1 is 1.07 bits per heavy atom. The van der Waals surface area contributed by atoms with Crippen LogP contribution in [0.1, 0.15) is 44.6 Å². The summed E-state index contributed by atoms with van der Waals surface area (Å²) in [5.41, 5.74) is 16.6. The molecule has 0 unspecified atom stereocenters. The van der Waals surface area contributed by atoms with Crippen LogP contribution < -0.4 is 43.2 Å². The molecule has 0 saturated heterocycles. The minimum absolute atomic E-state index is 0.00266. The third-order valence-electron chi connectivity index (χ3n) is 6.45. The van der Waals surface area contributed by atoms with Crippen LogP contribution in [0, 0.1) is 0 Å². The number of carbonyl (C=O) groups excluding carboxylic acids is 5. The first-order valence-electron chi connectivity index (χ1n) is 14.0. The second-order valence-electron chi connectivity index (χ2n) is 10.1. The Morgan fingerprint density at radius 2 is 1.77 bits per heavy atom. The molecule has 16 nitrogen and oxygen atoms in total. The lowest BCUT2D eigenvalue weighted by Crippen LogP contribution is -2.58. The fourth-order valence-electron chi connectivity index (χ4n) is 4.22. The SMILES string of the molecule is CC(=O)N[C@H]1Cc2ccc(cc2)OC/C=C\C[C@@H](C(=O)N[C@@H](CCCN=C(N)N)C(=O)O)NC(=O)[C@H](CCC(N)=O)NC1=O. The molecule has 1 aromatic rings. The van der Waals surface area contributed by atoms with Crippen LogP contribution in [-0.2, 0) is 35.2 Å². The van der Waals surface area contributed by atoms with Gasteiger partial charge in [-0.25, -0.2) is 4.79 Å². The van der Waals surface area contributed by atoms with Crippen LogP contribution >= 0.6 is 0 Å². The third kappa shape index (κ3) is 12.8. The number of ether oxygens (including phenoxy) is 1. The summed E-state index contributed by atoms with van der Waals surface area (Å²) in [6.45, 7) is 1.51. The van der Waals surface area contributed by atoms with Gasteiger partial charge in [0.1, 0.15) is 36.5 Å². The van der Waals surface area contributed by atoms with Gasteiger partial charge >= 0.3 is 5.97 Å². The molecule has 0 fully saturated rings. The number of hydrogen-bond acceptors (Lipinski definition) is 8. The van der Waals surface area contributed by atoms with Crippen molar-refractivity contribution in [1.82, 2.24) is 21.3 Å². The van der Waals surface area contributed by atoms with E-state index in [-0.39, 0.29) is 57.6 Å². The molecule has 0 saturated carbocycles. The molecule has 44 heavy (non-hydrogen) atoms. The molecule has 1 aromatic carbocycles. The summed E-state index contributed by atoms with van der Waals surface area (Å²) in [5.74, 6) is -4.46. The number of nitrogens with zero attached hydrogens (tertiary/aromatic N) is 1. The molecule has 11 N–H and O–H groups in total. The van der Waals surface area contributed by atoms with E-state index in [0.717, 1.165) is 0 Å². The standard InChI is InChI=1S/C28H40N8O8/c1-16(37)33-22-15-17-7-9-18(10-8-17)44-14-3-2-5-19(34-25(40)20(35-26(22)41)11-12-23(29)38)24(39)36-21(27(42)43)6-4-13-32-28(30)31/h2-3,7-10,19-22H,4-6,11-15H2,1H3,(H2,29,38)(H,33,37)(H,34,40)(H,35,41)(H,36,39)(H,42,43)(H4,30,31,32)/b3-2-/t19-,20-,21-,22-/m0/s1. The van der Waals surface area contributed by atoms with E-state index in [0.29, 0.717) is 11.3 Å². The van der Waals surface area contributed by atoms with Crippen molar-refractivity contribution in [2.45, 2.75) is 69.6 Å². The molecule has 2 heterocycles. The number of benzene rings is 1. The van der Waals surface area contributed by atoms with Gasteiger partial charge < -0.3 is 48.3 Å². The maximum absolute atomic E-state index is 13.4. The number of primary amides is 1. The molecule has 4 atom stereocenters. The fraction of sp³-hybridized carbons (Fsp3) is 0.464. The number of hydrogen-bond donors (Lipinski definition) is 8. The Morgan fingerprint density at radius 3 is 2.39 bits per heavy atom. The number of nitrogens with two attached hydrogens (primary N) is 3. The molecular weight excluding hydrogens is 576 g/mol. The van der Waals surface area contributed by atoms with Gasteiger partial charge in [-0.1, -0.05) is 24.3 Å². The van der Waals surface area contributed by atoms with Crippen LogP contribution in [0.4, 0.5) is 0 Å². The van der Waals surface area contributed by atoms with Crippen molar-refractivity contribution in [1.29, 1.82) is 0 Å². The maximum Gasteiger partial charge on any atom is 0.326 e. The van der Waals surface area contributed by atoms with Gasteiger partial charge in [-0.05, 0) is 43.4 Å². The number of guanidine groups is 1. The quantitative estimate of drug-likeness (QED) is 0.0582. The van der Waals surface area contributed by atoms with E-state index >= 15 is 0 Å². The first kappa shape index (κ1) is 35.0. The second-order valence-corrected chi connectivity index (χ2v) is 10.1. The van der Waals surface area contributed by atoms with E-state index in [1.54, 1.807) is 36.4 Å². The van der Waals surface area contributed by atoms with E-state index in [4.69, 9.17) is 21.9 Å². The molecule has 2 aliphatic heterocycles. The van der Waals surface area contributed by atoms with E-state index < -0.39 is 59.7 Å². The van der Waals surface area contributed by atoms with Crippen LogP contribution in [-0.4, -0.2) is 83.9 Å². The second kappa shape index (κ2) is 17.7. The van der Waals surface area contributed by atoms with Crippen LogP contribution in [0.3, 0.4) is 0 Å². The molecule has 2 aliphatic rings. The number of carbonyl (C=O) groups is 6. The zero-order valence-corrected chi connectivity index (χ0v) is 24.4. The zero-order chi connectivity index (χ0) is 32.6. The molecule has 0 aliphatic carbocycles. The molecule has 2 bridgehead atoms. The van der Waals surface area contributed by atoms with Crippen LogP contribution in [0.5, 0.6) is 5.75 Å². The van der Waals surface area contributed by atoms with Crippen molar-refractivity contribution in [3.05, 3.63) is 42.0 Å². The van der Waals surface area contributed by atoms with Crippen molar-refractivity contribution in [3.63, 3.8) is 0 Å². The lowest BCUT2D eigenvalue weighted by Gasteiger charge is -2.25. The third-order valence-corrected chi connectivity index (χ3v) is 6.45. The highest BCUT2D eigenvalue weighted by Crippen LogP contribution is 2.15. The largest absolute Gasteiger partial charge is 0.490 e. The summed E-state index contributed by atoms with van der Waals surface area (Å²) in [7, 11) is 0. The highest BCUT2D eigenvalue weighted by molar-refractivity contribution is 5.95. The Balaban J connectivity index is 2.36. The van der Waals surface area contributed by atoms with E-state index in [1.165, 1.54) is 6.92 Å². The molecular formula is C28H40N8O8. The van der Waals surface area contributed by atoms with Crippen molar-refractivity contribution in [3.8, 4) is 5.75 Å². The number of carboxylic acids is 1. The van der Waals surface area contributed by atoms with E-state index in [1.807, 2.05) is 0 Å². The summed E-state index contributed by atoms with van der Waals surface area (Å²) in [4.78, 5) is 79.0. The lowest BCUT2D eigenvalue weighted by molar-refractivity contribution is -0.142. The number of aliphatic carboxylic acids is 1. The van der Waals surface area contributed by atoms with E-state index in [2.05, 4.69) is 26.3 Å². The van der Waals surface area contributed by atoms with Gasteiger partial charge in [0.15, 0.2) is 5.96 Å². The van der Waals surface area contributed by atoms with Crippen molar-refractivity contribution in [2.24, 2.45) is 22.2 Å². The average Bonchev–Trinajstić information content (AvgIpc) is 2.95. The molecule has 3 rings (SSSR count). The predicted molar refractivity (Wildman–Crippen MR) is 159 cm³/mol. The minimum atomic E-state index is -1.32. The normalized spacial score (nSPS) is 20.4. The summed E-state index contributed by atoms with van der Waals surface area (Å²) in [6, 6.07) is 1.88. The van der Waals surface area contributed by atoms with Gasteiger partial charge in [0, 0.05) is 26.3 Å². The Kier molecular flexibility index (Phi) is 14.1. The van der Waals surface area contributed by atoms with Gasteiger partial charge in [0.05, 0.1) is 0 Å². The zero-order valence-electron chi connectivity index (χ0n) is 24.4. The first-order chi connectivity index (χ1) is 20.8. The highest BCUT2D eigenvalue weighted by atomic mass is 16.5. The molecule has 0 spiro atoms. The topological polar surface area (TPSA) is 270 Å². The van der Waals surface area contributed by atoms with Crippen LogP contribution in [0.25, 0.3) is 0 Å². The Hall–Kier alpha value is -5.15. The highest BCUT2D eigenvalue weighted by Gasteiger charge is 2.31. The number of fused-ring (bicyclic) bond motifs is 13. The van der Waals surface area contributed by atoms with Gasteiger partial charge in [0.25, 0.3) is 0 Å². The molecule has 0 aromatic heterocycles.